The summed E-state index contributed by atoms with van der Waals surface area (Å²) in [6.07, 6.45) is 0.434. The second-order valence-electron chi connectivity index (χ2n) is 5.64. The lowest BCUT2D eigenvalue weighted by Gasteiger charge is -2.31. The molecule has 2 saturated heterocycles. The molecule has 2 aliphatic heterocycles. The van der Waals surface area contributed by atoms with E-state index in [1.165, 1.54) is 4.90 Å². The lowest BCUT2D eigenvalue weighted by molar-refractivity contribution is -0.154. The minimum absolute atomic E-state index is 0.0422. The van der Waals surface area contributed by atoms with E-state index in [0.717, 1.165) is 12.1 Å². The maximum atomic E-state index is 12.5. The molecule has 2 fully saturated rings. The second-order valence-corrected chi connectivity index (χ2v) is 5.64. The number of carboxylic acids is 1. The van der Waals surface area contributed by atoms with Gasteiger partial charge in [-0.1, -0.05) is 0 Å². The second kappa shape index (κ2) is 6.37. The summed E-state index contributed by atoms with van der Waals surface area (Å²) in [7, 11) is 0. The number of carbonyl (C=O) groups excluding carboxylic acids is 2. The number of benzene rings is 1. The van der Waals surface area contributed by atoms with Crippen molar-refractivity contribution in [3.8, 4) is 0 Å². The van der Waals surface area contributed by atoms with Crippen LogP contribution in [0.1, 0.15) is 23.2 Å². The number of carbonyl (C=O) groups is 3. The normalized spacial score (nSPS) is 21.6. The van der Waals surface area contributed by atoms with E-state index in [4.69, 9.17) is 9.84 Å². The fraction of sp³-hybridized carbons (Fsp3) is 0.438. The van der Waals surface area contributed by atoms with Gasteiger partial charge in [0.2, 0.25) is 5.91 Å². The third-order valence-corrected chi connectivity index (χ3v) is 4.13. The predicted molar refractivity (Wildman–Crippen MR) is 81.3 cm³/mol. The molecule has 2 amide bonds. The zero-order valence-corrected chi connectivity index (χ0v) is 12.6. The number of hydrogen-bond donors (Lipinski definition) is 1. The van der Waals surface area contributed by atoms with Gasteiger partial charge in [-0.3, -0.25) is 9.59 Å². The monoisotopic (exact) mass is 318 g/mol. The minimum Gasteiger partial charge on any atom is -0.479 e. The molecule has 23 heavy (non-hydrogen) atoms. The first-order chi connectivity index (χ1) is 11.1. The first-order valence-electron chi connectivity index (χ1n) is 7.60. The zero-order chi connectivity index (χ0) is 16.4. The summed E-state index contributed by atoms with van der Waals surface area (Å²) in [6, 6.07) is 6.86. The van der Waals surface area contributed by atoms with E-state index in [0.29, 0.717) is 25.1 Å². The van der Waals surface area contributed by atoms with Crippen molar-refractivity contribution < 1.29 is 24.2 Å². The summed E-state index contributed by atoms with van der Waals surface area (Å²) in [4.78, 5) is 38.4. The van der Waals surface area contributed by atoms with Crippen LogP contribution in [0.25, 0.3) is 0 Å². The number of morpholine rings is 1. The molecular weight excluding hydrogens is 300 g/mol. The van der Waals surface area contributed by atoms with Crippen LogP contribution in [0.3, 0.4) is 0 Å². The third-order valence-electron chi connectivity index (χ3n) is 4.13. The van der Waals surface area contributed by atoms with Gasteiger partial charge in [0.1, 0.15) is 0 Å². The number of amides is 2. The fourth-order valence-electron chi connectivity index (χ4n) is 2.87. The number of carboxylic acid groups (broad SMARTS) is 1. The van der Waals surface area contributed by atoms with Crippen LogP contribution in [-0.2, 0) is 14.3 Å². The summed E-state index contributed by atoms with van der Waals surface area (Å²) in [5.74, 6) is -1.19. The van der Waals surface area contributed by atoms with Crippen LogP contribution in [0.4, 0.5) is 5.69 Å². The van der Waals surface area contributed by atoms with Gasteiger partial charge in [-0.05, 0) is 30.7 Å². The number of rotatable bonds is 3. The summed E-state index contributed by atoms with van der Waals surface area (Å²) in [5.41, 5.74) is 1.26. The lowest BCUT2D eigenvalue weighted by Crippen LogP contribution is -2.48. The Bertz CT molecular complexity index is 628. The summed E-state index contributed by atoms with van der Waals surface area (Å²) < 4.78 is 5.12. The van der Waals surface area contributed by atoms with Gasteiger partial charge in [-0.15, -0.1) is 0 Å². The van der Waals surface area contributed by atoms with Gasteiger partial charge in [-0.25, -0.2) is 4.79 Å². The van der Waals surface area contributed by atoms with Gasteiger partial charge < -0.3 is 19.6 Å². The summed E-state index contributed by atoms with van der Waals surface area (Å²) in [6.45, 7) is 1.33. The SMILES string of the molecule is O=C(O)C1CN(C(=O)c2ccc(N3CCCC3=O)cc2)CCO1. The number of ether oxygens (including phenoxy) is 1. The molecule has 0 saturated carbocycles. The van der Waals surface area contributed by atoms with Gasteiger partial charge in [0, 0.05) is 30.8 Å². The van der Waals surface area contributed by atoms with Crippen molar-refractivity contribution >= 4 is 23.5 Å². The van der Waals surface area contributed by atoms with Crippen molar-refractivity contribution in [2.45, 2.75) is 18.9 Å². The predicted octanol–water partition coefficient (Wildman–Crippen LogP) is 0.739. The Morgan fingerprint density at radius 3 is 2.52 bits per heavy atom. The minimum atomic E-state index is -1.06. The van der Waals surface area contributed by atoms with Crippen molar-refractivity contribution in [1.29, 1.82) is 0 Å². The van der Waals surface area contributed by atoms with Crippen LogP contribution in [0.15, 0.2) is 24.3 Å². The molecule has 1 N–H and O–H groups in total. The van der Waals surface area contributed by atoms with Gasteiger partial charge in [-0.2, -0.15) is 0 Å². The van der Waals surface area contributed by atoms with Gasteiger partial charge in [0.15, 0.2) is 6.10 Å². The van der Waals surface area contributed by atoms with E-state index in [1.54, 1.807) is 29.2 Å². The topological polar surface area (TPSA) is 87.2 Å². The van der Waals surface area contributed by atoms with E-state index < -0.39 is 12.1 Å². The Kier molecular flexibility index (Phi) is 4.29. The molecule has 2 heterocycles. The molecule has 1 atom stereocenters. The van der Waals surface area contributed by atoms with E-state index >= 15 is 0 Å². The van der Waals surface area contributed by atoms with E-state index in [-0.39, 0.29) is 25.0 Å². The largest absolute Gasteiger partial charge is 0.479 e. The molecule has 7 heteroatoms. The molecule has 2 aliphatic rings. The molecule has 0 bridgehead atoms. The Morgan fingerprint density at radius 2 is 1.91 bits per heavy atom. The van der Waals surface area contributed by atoms with Crippen LogP contribution < -0.4 is 4.90 Å². The Hall–Kier alpha value is -2.41. The maximum Gasteiger partial charge on any atom is 0.334 e. The van der Waals surface area contributed by atoms with Crippen molar-refractivity contribution in [3.05, 3.63) is 29.8 Å². The average molecular weight is 318 g/mol. The van der Waals surface area contributed by atoms with Crippen LogP contribution >= 0.6 is 0 Å². The van der Waals surface area contributed by atoms with E-state index in [1.807, 2.05) is 0 Å². The highest BCUT2D eigenvalue weighted by atomic mass is 16.5. The van der Waals surface area contributed by atoms with E-state index in [9.17, 15) is 14.4 Å². The standard InChI is InChI=1S/C16H18N2O5/c19-14-2-1-7-18(14)12-5-3-11(4-6-12)15(20)17-8-9-23-13(10-17)16(21)22/h3-6,13H,1-2,7-10H2,(H,21,22). The molecule has 1 aromatic carbocycles. The molecule has 122 valence electrons. The van der Waals surface area contributed by atoms with Crippen LogP contribution in [-0.4, -0.2) is 60.1 Å². The highest BCUT2D eigenvalue weighted by molar-refractivity contribution is 5.97. The smallest absolute Gasteiger partial charge is 0.334 e. The Labute approximate surface area is 133 Å². The average Bonchev–Trinajstić information content (AvgIpc) is 3.00. The number of aliphatic carboxylic acids is 1. The number of hydrogen-bond acceptors (Lipinski definition) is 4. The van der Waals surface area contributed by atoms with Crippen molar-refractivity contribution in [2.24, 2.45) is 0 Å². The molecule has 0 radical (unpaired) electrons. The molecule has 1 unspecified atom stereocenters. The quantitative estimate of drug-likeness (QED) is 0.888. The van der Waals surface area contributed by atoms with Crippen molar-refractivity contribution in [2.75, 3.05) is 31.1 Å². The number of nitrogens with zero attached hydrogens (tertiary/aromatic N) is 2. The zero-order valence-electron chi connectivity index (χ0n) is 12.6. The van der Waals surface area contributed by atoms with E-state index in [2.05, 4.69) is 0 Å². The molecule has 1 aromatic rings. The number of anilines is 1. The fourth-order valence-corrected chi connectivity index (χ4v) is 2.87. The summed E-state index contributed by atoms with van der Waals surface area (Å²) >= 11 is 0. The molecule has 0 aromatic heterocycles. The van der Waals surface area contributed by atoms with Gasteiger partial charge in [0.25, 0.3) is 5.91 Å². The summed E-state index contributed by atoms with van der Waals surface area (Å²) in [5, 5.41) is 8.99. The molecular formula is C16H18N2O5. The maximum absolute atomic E-state index is 12.5. The highest BCUT2D eigenvalue weighted by Gasteiger charge is 2.29. The molecule has 3 rings (SSSR count). The van der Waals surface area contributed by atoms with Crippen LogP contribution in [0.5, 0.6) is 0 Å². The van der Waals surface area contributed by atoms with Crippen LogP contribution in [0.2, 0.25) is 0 Å². The van der Waals surface area contributed by atoms with Crippen molar-refractivity contribution in [1.82, 2.24) is 4.90 Å². The Balaban J connectivity index is 1.70. The van der Waals surface area contributed by atoms with Gasteiger partial charge in [0.05, 0.1) is 13.2 Å². The van der Waals surface area contributed by atoms with Crippen molar-refractivity contribution in [3.63, 3.8) is 0 Å². The molecule has 7 nitrogen and oxygen atoms in total. The van der Waals surface area contributed by atoms with Gasteiger partial charge >= 0.3 is 5.97 Å². The first kappa shape index (κ1) is 15.5. The first-order valence-corrected chi connectivity index (χ1v) is 7.60. The Morgan fingerprint density at radius 1 is 1.17 bits per heavy atom. The third kappa shape index (κ3) is 3.19. The van der Waals surface area contributed by atoms with Crippen LogP contribution in [0, 0.1) is 0 Å². The lowest BCUT2D eigenvalue weighted by atomic mass is 10.1. The molecule has 0 spiro atoms. The molecule has 0 aliphatic carbocycles. The highest BCUT2D eigenvalue weighted by Crippen LogP contribution is 2.22.